The minimum absolute atomic E-state index is 0.129. The van der Waals surface area contributed by atoms with Gasteiger partial charge in [0.2, 0.25) is 0 Å². The van der Waals surface area contributed by atoms with Crippen molar-refractivity contribution in [2.75, 3.05) is 11.7 Å². The summed E-state index contributed by atoms with van der Waals surface area (Å²) in [5.74, 6) is 0.698. The lowest BCUT2D eigenvalue weighted by molar-refractivity contribution is 0.398. The molecule has 1 fully saturated rings. The number of hydrogen-bond acceptors (Lipinski definition) is 6. The van der Waals surface area contributed by atoms with Gasteiger partial charge < -0.3 is 0 Å². The van der Waals surface area contributed by atoms with Crippen molar-refractivity contribution in [3.63, 3.8) is 0 Å². The standard InChI is InChI=1S/C25H22F2N6.2C2H6/c1-3-21-28-13-33(32-21)22-9-5-8-20(29-22)25-11-10-15(14(25)2)16-12-19(30-31-24(16)25)23-17(26)6-4-7-18(23)27;2*1-2/h3-9,12,14-15H,1,10-11,13H2,2H3,(H,28,32);2*1-2H3/t14?,15-,25+;;/m1../s1. The third-order valence-electron chi connectivity index (χ3n) is 7.39. The van der Waals surface area contributed by atoms with Gasteiger partial charge in [0.05, 0.1) is 28.1 Å². The average Bonchev–Trinajstić information content (AvgIpc) is 3.62. The zero-order chi connectivity index (χ0) is 26.7. The number of halogens is 2. The van der Waals surface area contributed by atoms with Crippen LogP contribution in [-0.4, -0.2) is 27.7 Å². The first-order valence-corrected chi connectivity index (χ1v) is 13.0. The number of benzene rings is 1. The summed E-state index contributed by atoms with van der Waals surface area (Å²) < 4.78 is 28.8. The van der Waals surface area contributed by atoms with Crippen LogP contribution < -0.4 is 10.4 Å². The molecule has 1 aromatic carbocycles. The monoisotopic (exact) mass is 504 g/mol. The van der Waals surface area contributed by atoms with Crippen LogP contribution in [0.4, 0.5) is 14.6 Å². The van der Waals surface area contributed by atoms with E-state index in [0.29, 0.717) is 12.5 Å². The first kappa shape index (κ1) is 26.4. The molecule has 6 nitrogen and oxygen atoms in total. The van der Waals surface area contributed by atoms with Crippen molar-refractivity contribution in [1.82, 2.24) is 20.6 Å². The number of hydrogen-bond donors (Lipinski definition) is 1. The number of rotatable bonds is 4. The van der Waals surface area contributed by atoms with Gasteiger partial charge in [-0.1, -0.05) is 53.3 Å². The molecule has 1 unspecified atom stereocenters. The highest BCUT2D eigenvalue weighted by molar-refractivity contribution is 5.94. The zero-order valence-corrected chi connectivity index (χ0v) is 22.1. The molecule has 2 aromatic heterocycles. The predicted octanol–water partition coefficient (Wildman–Crippen LogP) is 6.55. The molecule has 1 N–H and O–H groups in total. The van der Waals surface area contributed by atoms with E-state index in [4.69, 9.17) is 4.98 Å². The van der Waals surface area contributed by atoms with Crippen molar-refractivity contribution < 1.29 is 8.78 Å². The van der Waals surface area contributed by atoms with Crippen LogP contribution in [0.25, 0.3) is 11.3 Å². The second-order valence-electron chi connectivity index (χ2n) is 8.85. The lowest BCUT2D eigenvalue weighted by Gasteiger charge is -2.31. The van der Waals surface area contributed by atoms with Crippen LogP contribution >= 0.6 is 0 Å². The van der Waals surface area contributed by atoms with E-state index >= 15 is 0 Å². The van der Waals surface area contributed by atoms with E-state index in [2.05, 4.69) is 34.1 Å². The number of aliphatic imine (C=N–C) groups is 1. The summed E-state index contributed by atoms with van der Waals surface area (Å²) in [6.07, 6.45) is 3.55. The van der Waals surface area contributed by atoms with Gasteiger partial charge in [-0.2, -0.15) is 5.10 Å². The molecule has 0 spiro atoms. The van der Waals surface area contributed by atoms with Crippen LogP contribution in [-0.2, 0) is 5.41 Å². The molecule has 37 heavy (non-hydrogen) atoms. The average molecular weight is 505 g/mol. The maximum Gasteiger partial charge on any atom is 0.149 e. The molecule has 3 atom stereocenters. The Morgan fingerprint density at radius 2 is 1.76 bits per heavy atom. The fraction of sp³-hybridized carbons (Fsp3) is 0.379. The molecule has 6 rings (SSSR count). The van der Waals surface area contributed by atoms with Crippen molar-refractivity contribution >= 4 is 11.7 Å². The number of anilines is 1. The molecule has 1 saturated carbocycles. The highest BCUT2D eigenvalue weighted by atomic mass is 19.1. The van der Waals surface area contributed by atoms with Gasteiger partial charge in [0.1, 0.15) is 30.0 Å². The third kappa shape index (κ3) is 4.18. The van der Waals surface area contributed by atoms with Gasteiger partial charge in [-0.3, -0.25) is 5.43 Å². The van der Waals surface area contributed by atoms with E-state index < -0.39 is 11.6 Å². The van der Waals surface area contributed by atoms with Crippen molar-refractivity contribution in [2.45, 2.75) is 58.8 Å². The molecule has 2 aliphatic carbocycles. The number of aromatic nitrogens is 3. The zero-order valence-electron chi connectivity index (χ0n) is 22.1. The largest absolute Gasteiger partial charge is 0.279 e. The fourth-order valence-corrected chi connectivity index (χ4v) is 5.76. The van der Waals surface area contributed by atoms with Gasteiger partial charge in [-0.25, -0.2) is 23.8 Å². The van der Waals surface area contributed by atoms with E-state index in [1.54, 1.807) is 6.08 Å². The van der Waals surface area contributed by atoms with Gasteiger partial charge in [-0.05, 0) is 66.6 Å². The molecular weight excluding hydrogens is 470 g/mol. The smallest absolute Gasteiger partial charge is 0.149 e. The van der Waals surface area contributed by atoms with Gasteiger partial charge >= 0.3 is 0 Å². The van der Waals surface area contributed by atoms with Crippen molar-refractivity contribution in [2.24, 2.45) is 10.9 Å². The summed E-state index contributed by atoms with van der Waals surface area (Å²) in [7, 11) is 0. The maximum absolute atomic E-state index is 14.4. The summed E-state index contributed by atoms with van der Waals surface area (Å²) in [4.78, 5) is 9.38. The van der Waals surface area contributed by atoms with Crippen LogP contribution in [0.1, 0.15) is 70.3 Å². The number of amidine groups is 1. The van der Waals surface area contributed by atoms with E-state index in [0.717, 1.165) is 35.6 Å². The third-order valence-corrected chi connectivity index (χ3v) is 7.39. The molecule has 0 saturated heterocycles. The van der Waals surface area contributed by atoms with Crippen molar-refractivity contribution in [1.29, 1.82) is 0 Å². The Labute approximate surface area is 217 Å². The SMILES string of the molecule is C=CC1=NCN(c2cccc([C@@]34CC[C@@H](c5cc(-c6c(F)cccc6F)nnc53)C4C)n2)N1.CC.CC. The van der Waals surface area contributed by atoms with E-state index in [9.17, 15) is 8.78 Å². The Balaban J connectivity index is 0.000000765. The summed E-state index contributed by atoms with van der Waals surface area (Å²) in [5.41, 5.74) is 5.73. The molecule has 1 aliphatic heterocycles. The highest BCUT2D eigenvalue weighted by Crippen LogP contribution is 2.62. The van der Waals surface area contributed by atoms with Gasteiger partial charge in [0, 0.05) is 0 Å². The summed E-state index contributed by atoms with van der Waals surface area (Å²) in [5, 5.41) is 10.7. The minimum atomic E-state index is -0.635. The molecular formula is C29H34F2N6. The van der Waals surface area contributed by atoms with Gasteiger partial charge in [0.15, 0.2) is 0 Å². The maximum atomic E-state index is 14.4. The van der Waals surface area contributed by atoms with Crippen LogP contribution in [0.2, 0.25) is 0 Å². The topological polar surface area (TPSA) is 66.3 Å². The number of nitrogens with one attached hydrogen (secondary N) is 1. The lowest BCUT2D eigenvalue weighted by atomic mass is 9.75. The summed E-state index contributed by atoms with van der Waals surface area (Å²) in [6, 6.07) is 11.6. The lowest BCUT2D eigenvalue weighted by Crippen LogP contribution is -2.37. The van der Waals surface area contributed by atoms with Crippen molar-refractivity contribution in [3.8, 4) is 11.3 Å². The minimum Gasteiger partial charge on any atom is -0.279 e. The van der Waals surface area contributed by atoms with Gasteiger partial charge in [0.25, 0.3) is 0 Å². The summed E-state index contributed by atoms with van der Waals surface area (Å²) >= 11 is 0. The Morgan fingerprint density at radius 3 is 2.43 bits per heavy atom. The molecule has 3 heterocycles. The van der Waals surface area contributed by atoms with E-state index in [1.807, 2.05) is 57.0 Å². The van der Waals surface area contributed by atoms with Crippen LogP contribution in [0.5, 0.6) is 0 Å². The number of pyridine rings is 1. The molecule has 3 aromatic rings. The Bertz CT molecular complexity index is 1300. The summed E-state index contributed by atoms with van der Waals surface area (Å²) in [6.45, 7) is 14.4. The van der Waals surface area contributed by atoms with E-state index in [1.165, 1.54) is 18.2 Å². The second-order valence-corrected chi connectivity index (χ2v) is 8.85. The quantitative estimate of drug-likeness (QED) is 0.437. The molecule has 0 amide bonds. The Hall–Kier alpha value is -3.68. The second kappa shape index (κ2) is 10.7. The van der Waals surface area contributed by atoms with Gasteiger partial charge in [-0.15, -0.1) is 5.10 Å². The molecule has 2 bridgehead atoms. The molecule has 0 radical (unpaired) electrons. The van der Waals surface area contributed by atoms with Crippen LogP contribution in [0, 0.1) is 17.6 Å². The van der Waals surface area contributed by atoms with Crippen molar-refractivity contribution in [3.05, 3.63) is 83.7 Å². The highest BCUT2D eigenvalue weighted by Gasteiger charge is 2.58. The number of fused-ring (bicyclic) bond motifs is 5. The number of nitrogens with zero attached hydrogens (tertiary/aromatic N) is 5. The predicted molar refractivity (Wildman–Crippen MR) is 144 cm³/mol. The first-order chi connectivity index (χ1) is 18.0. The molecule has 3 aliphatic rings. The van der Waals surface area contributed by atoms with Crippen LogP contribution in [0.15, 0.2) is 60.1 Å². The Morgan fingerprint density at radius 1 is 1.05 bits per heavy atom. The van der Waals surface area contributed by atoms with E-state index in [-0.39, 0.29) is 28.5 Å². The first-order valence-electron chi connectivity index (χ1n) is 13.0. The normalized spacial score (nSPS) is 22.7. The Kier molecular flexibility index (Phi) is 7.66. The molecule has 194 valence electrons. The molecule has 8 heteroatoms. The fourth-order valence-electron chi connectivity index (χ4n) is 5.76. The van der Waals surface area contributed by atoms with Crippen LogP contribution in [0.3, 0.4) is 0 Å². The number of hydrazine groups is 1.